The summed E-state index contributed by atoms with van der Waals surface area (Å²) in [5, 5.41) is 3.88. The summed E-state index contributed by atoms with van der Waals surface area (Å²) in [5.41, 5.74) is 4.19. The second-order valence-electron chi connectivity index (χ2n) is 5.90. The fourth-order valence-corrected chi connectivity index (χ4v) is 4.76. The monoisotopic (exact) mass is 213 g/mol. The van der Waals surface area contributed by atoms with E-state index in [0.29, 0.717) is 11.0 Å². The predicted molar refractivity (Wildman–Crippen MR) is 65.3 cm³/mol. The standard InChI is InChI=1S/C15H19N/c1-2-6-13-12(5-1)11-14-7-3-4-8-15(13,14)16-10-9-14/h1-2,5-6,16H,3-4,7-11H2. The lowest BCUT2D eigenvalue weighted by molar-refractivity contribution is 0.0940. The average molecular weight is 213 g/mol. The summed E-state index contributed by atoms with van der Waals surface area (Å²) in [5.74, 6) is 0. The third-order valence-electron chi connectivity index (χ3n) is 5.40. The number of rotatable bonds is 0. The van der Waals surface area contributed by atoms with Gasteiger partial charge in [-0.15, -0.1) is 0 Å². The van der Waals surface area contributed by atoms with Gasteiger partial charge in [0.05, 0.1) is 0 Å². The lowest BCUT2D eigenvalue weighted by atomic mass is 9.62. The summed E-state index contributed by atoms with van der Waals surface area (Å²) in [6, 6.07) is 9.16. The van der Waals surface area contributed by atoms with Gasteiger partial charge >= 0.3 is 0 Å². The molecule has 1 heterocycles. The Labute approximate surface area is 97.2 Å². The van der Waals surface area contributed by atoms with Crippen molar-refractivity contribution in [1.29, 1.82) is 0 Å². The molecule has 0 amide bonds. The minimum absolute atomic E-state index is 0.363. The minimum atomic E-state index is 0.363. The molecule has 1 aromatic carbocycles. The van der Waals surface area contributed by atoms with E-state index >= 15 is 0 Å². The number of hydrogen-bond acceptors (Lipinski definition) is 1. The smallest absolute Gasteiger partial charge is 0.0498 e. The molecule has 0 radical (unpaired) electrons. The Morgan fingerprint density at radius 1 is 1.00 bits per heavy atom. The van der Waals surface area contributed by atoms with Crippen LogP contribution in [0.4, 0.5) is 0 Å². The molecule has 1 saturated carbocycles. The molecule has 0 spiro atoms. The molecule has 0 bridgehead atoms. The molecule has 16 heavy (non-hydrogen) atoms. The molecule has 1 saturated heterocycles. The van der Waals surface area contributed by atoms with Crippen LogP contribution < -0.4 is 5.32 Å². The lowest BCUT2D eigenvalue weighted by Gasteiger charge is -2.45. The van der Waals surface area contributed by atoms with Gasteiger partial charge in [0.1, 0.15) is 0 Å². The third kappa shape index (κ3) is 0.878. The van der Waals surface area contributed by atoms with Crippen LogP contribution in [0.3, 0.4) is 0 Å². The van der Waals surface area contributed by atoms with Crippen LogP contribution in [-0.4, -0.2) is 6.54 Å². The second kappa shape index (κ2) is 2.89. The van der Waals surface area contributed by atoms with Crippen LogP contribution >= 0.6 is 0 Å². The maximum Gasteiger partial charge on any atom is 0.0498 e. The van der Waals surface area contributed by atoms with Crippen LogP contribution in [0.1, 0.15) is 43.2 Å². The molecule has 84 valence electrons. The van der Waals surface area contributed by atoms with E-state index in [0.717, 1.165) is 0 Å². The van der Waals surface area contributed by atoms with Gasteiger partial charge in [-0.25, -0.2) is 0 Å². The zero-order chi connectivity index (χ0) is 10.6. The van der Waals surface area contributed by atoms with E-state index < -0.39 is 0 Å². The van der Waals surface area contributed by atoms with Crippen LogP contribution in [0, 0.1) is 5.41 Å². The summed E-state index contributed by atoms with van der Waals surface area (Å²) in [7, 11) is 0. The molecule has 0 aromatic heterocycles. The molecule has 2 aliphatic carbocycles. The fourth-order valence-electron chi connectivity index (χ4n) is 4.76. The Hall–Kier alpha value is -0.820. The topological polar surface area (TPSA) is 12.0 Å². The van der Waals surface area contributed by atoms with Gasteiger partial charge in [-0.3, -0.25) is 0 Å². The molecule has 1 nitrogen and oxygen atoms in total. The van der Waals surface area contributed by atoms with Crippen molar-refractivity contribution in [2.45, 2.75) is 44.1 Å². The van der Waals surface area contributed by atoms with Crippen molar-refractivity contribution >= 4 is 0 Å². The zero-order valence-corrected chi connectivity index (χ0v) is 9.76. The number of hydrogen-bond donors (Lipinski definition) is 1. The first kappa shape index (κ1) is 9.23. The van der Waals surface area contributed by atoms with Gasteiger partial charge in [0.2, 0.25) is 0 Å². The van der Waals surface area contributed by atoms with Gasteiger partial charge in [-0.05, 0) is 48.8 Å². The van der Waals surface area contributed by atoms with Crippen LogP contribution in [0.25, 0.3) is 0 Å². The summed E-state index contributed by atoms with van der Waals surface area (Å²) in [6.45, 7) is 1.23. The van der Waals surface area contributed by atoms with Crippen LogP contribution in [0.15, 0.2) is 24.3 Å². The SMILES string of the molecule is c1ccc2c(c1)CC13CCCCC21NCC3. The maximum absolute atomic E-state index is 3.88. The zero-order valence-electron chi connectivity index (χ0n) is 9.76. The van der Waals surface area contributed by atoms with Crippen molar-refractivity contribution < 1.29 is 0 Å². The van der Waals surface area contributed by atoms with E-state index in [1.165, 1.54) is 45.1 Å². The molecular formula is C15H19N. The van der Waals surface area contributed by atoms with Crippen LogP contribution in [0.2, 0.25) is 0 Å². The fraction of sp³-hybridized carbons (Fsp3) is 0.600. The molecule has 3 aliphatic rings. The predicted octanol–water partition coefficient (Wildman–Crippen LogP) is 2.99. The highest BCUT2D eigenvalue weighted by molar-refractivity contribution is 5.44. The molecule has 2 atom stereocenters. The van der Waals surface area contributed by atoms with Crippen molar-refractivity contribution in [1.82, 2.24) is 5.32 Å². The van der Waals surface area contributed by atoms with E-state index in [1.54, 1.807) is 11.1 Å². The summed E-state index contributed by atoms with van der Waals surface area (Å²) >= 11 is 0. The molecule has 1 aliphatic heterocycles. The van der Waals surface area contributed by atoms with Crippen molar-refractivity contribution in [3.8, 4) is 0 Å². The van der Waals surface area contributed by atoms with Gasteiger partial charge in [0, 0.05) is 5.54 Å². The Morgan fingerprint density at radius 3 is 2.88 bits per heavy atom. The Bertz CT molecular complexity index is 439. The molecule has 1 heteroatoms. The first-order valence-corrected chi connectivity index (χ1v) is 6.70. The first-order valence-electron chi connectivity index (χ1n) is 6.70. The highest BCUT2D eigenvalue weighted by Gasteiger charge is 2.60. The van der Waals surface area contributed by atoms with Crippen molar-refractivity contribution in [3.05, 3.63) is 35.4 Å². The van der Waals surface area contributed by atoms with Crippen molar-refractivity contribution in [2.75, 3.05) is 6.54 Å². The minimum Gasteiger partial charge on any atom is -0.307 e. The largest absolute Gasteiger partial charge is 0.307 e. The molecule has 4 rings (SSSR count). The summed E-state index contributed by atoms with van der Waals surface area (Å²) < 4.78 is 0. The summed E-state index contributed by atoms with van der Waals surface area (Å²) in [4.78, 5) is 0. The highest BCUT2D eigenvalue weighted by Crippen LogP contribution is 2.62. The highest BCUT2D eigenvalue weighted by atomic mass is 15.1. The van der Waals surface area contributed by atoms with Crippen LogP contribution in [-0.2, 0) is 12.0 Å². The van der Waals surface area contributed by atoms with Crippen molar-refractivity contribution in [2.24, 2.45) is 5.41 Å². The molecule has 2 unspecified atom stereocenters. The van der Waals surface area contributed by atoms with Gasteiger partial charge in [0.25, 0.3) is 0 Å². The number of fused-ring (bicyclic) bond motifs is 1. The first-order chi connectivity index (χ1) is 7.86. The average Bonchev–Trinajstić information content (AvgIpc) is 2.80. The Kier molecular flexibility index (Phi) is 1.67. The third-order valence-corrected chi connectivity index (χ3v) is 5.40. The number of benzene rings is 1. The van der Waals surface area contributed by atoms with Crippen LogP contribution in [0.5, 0.6) is 0 Å². The quantitative estimate of drug-likeness (QED) is 0.698. The van der Waals surface area contributed by atoms with E-state index in [9.17, 15) is 0 Å². The molecule has 2 fully saturated rings. The van der Waals surface area contributed by atoms with E-state index in [2.05, 4.69) is 29.6 Å². The molecule has 1 N–H and O–H groups in total. The Balaban J connectivity index is 1.95. The van der Waals surface area contributed by atoms with Crippen molar-refractivity contribution in [3.63, 3.8) is 0 Å². The molecular weight excluding hydrogens is 194 g/mol. The van der Waals surface area contributed by atoms with Gasteiger partial charge in [-0.2, -0.15) is 0 Å². The van der Waals surface area contributed by atoms with Gasteiger partial charge in [-0.1, -0.05) is 37.1 Å². The Morgan fingerprint density at radius 2 is 1.88 bits per heavy atom. The van der Waals surface area contributed by atoms with E-state index in [4.69, 9.17) is 0 Å². The normalized spacial score (nSPS) is 40.2. The maximum atomic E-state index is 3.88. The van der Waals surface area contributed by atoms with Gasteiger partial charge in [0.15, 0.2) is 0 Å². The van der Waals surface area contributed by atoms with Gasteiger partial charge < -0.3 is 5.32 Å². The molecule has 1 aromatic rings. The number of nitrogens with one attached hydrogen (secondary N) is 1. The lowest BCUT2D eigenvalue weighted by Crippen LogP contribution is -2.48. The summed E-state index contributed by atoms with van der Waals surface area (Å²) in [6.07, 6.45) is 8.37. The second-order valence-corrected chi connectivity index (χ2v) is 5.90. The van der Waals surface area contributed by atoms with E-state index in [-0.39, 0.29) is 0 Å². The van der Waals surface area contributed by atoms with E-state index in [1.807, 2.05) is 0 Å².